The van der Waals surface area contributed by atoms with Crippen LogP contribution >= 0.6 is 23.8 Å². The van der Waals surface area contributed by atoms with E-state index in [4.69, 9.17) is 34.3 Å². The Morgan fingerprint density at radius 3 is 2.50 bits per heavy atom. The minimum atomic E-state index is 0.383. The molecule has 0 unspecified atom stereocenters. The highest BCUT2D eigenvalue weighted by molar-refractivity contribution is 7.80. The summed E-state index contributed by atoms with van der Waals surface area (Å²) in [6, 6.07) is 7.39. The van der Waals surface area contributed by atoms with E-state index in [0.29, 0.717) is 23.2 Å². The summed E-state index contributed by atoms with van der Waals surface area (Å²) in [7, 11) is 0. The molecule has 6 heteroatoms. The third kappa shape index (κ3) is 3.29. The number of halogens is 1. The van der Waals surface area contributed by atoms with Gasteiger partial charge in [-0.3, -0.25) is 4.68 Å². The van der Waals surface area contributed by atoms with Gasteiger partial charge in [-0.15, -0.1) is 0 Å². The van der Waals surface area contributed by atoms with Crippen molar-refractivity contribution in [2.45, 2.75) is 20.4 Å². The normalized spacial score (nSPS) is 10.6. The van der Waals surface area contributed by atoms with Gasteiger partial charge in [0.05, 0.1) is 23.0 Å². The second-order valence-electron chi connectivity index (χ2n) is 4.45. The van der Waals surface area contributed by atoms with Crippen molar-refractivity contribution in [3.63, 3.8) is 0 Å². The third-order valence-electron chi connectivity index (χ3n) is 3.00. The molecule has 1 aromatic carbocycles. The van der Waals surface area contributed by atoms with Crippen LogP contribution in [0.4, 0.5) is 0 Å². The first-order chi connectivity index (χ1) is 9.49. The van der Waals surface area contributed by atoms with Crippen LogP contribution < -0.4 is 10.5 Å². The molecule has 0 spiro atoms. The molecule has 2 N–H and O–H groups in total. The van der Waals surface area contributed by atoms with Crippen molar-refractivity contribution in [2.75, 3.05) is 6.61 Å². The summed E-state index contributed by atoms with van der Waals surface area (Å²) in [5.41, 5.74) is 8.16. The Kier molecular flexibility index (Phi) is 4.62. The predicted molar refractivity (Wildman–Crippen MR) is 84.5 cm³/mol. The Balaban J connectivity index is 1.92. The maximum Gasteiger partial charge on any atom is 0.119 e. The fourth-order valence-electron chi connectivity index (χ4n) is 1.86. The lowest BCUT2D eigenvalue weighted by atomic mass is 10.2. The SMILES string of the molecule is Cc1nn(CCOc2ccc(C(N)=S)cc2)c(C)c1Cl. The van der Waals surface area contributed by atoms with E-state index in [0.717, 1.165) is 22.7 Å². The topological polar surface area (TPSA) is 53.1 Å². The molecule has 1 aromatic heterocycles. The van der Waals surface area contributed by atoms with Gasteiger partial charge in [-0.05, 0) is 38.1 Å². The Morgan fingerprint density at radius 2 is 2.00 bits per heavy atom. The van der Waals surface area contributed by atoms with Gasteiger partial charge >= 0.3 is 0 Å². The quantitative estimate of drug-likeness (QED) is 0.863. The summed E-state index contributed by atoms with van der Waals surface area (Å²) >= 11 is 11.0. The van der Waals surface area contributed by atoms with Crippen molar-refractivity contribution in [1.82, 2.24) is 9.78 Å². The molecule has 0 atom stereocenters. The molecule has 106 valence electrons. The monoisotopic (exact) mass is 309 g/mol. The summed E-state index contributed by atoms with van der Waals surface area (Å²) in [5.74, 6) is 0.776. The van der Waals surface area contributed by atoms with Gasteiger partial charge in [-0.25, -0.2) is 0 Å². The van der Waals surface area contributed by atoms with Crippen molar-refractivity contribution in [3.05, 3.63) is 46.2 Å². The van der Waals surface area contributed by atoms with E-state index in [-0.39, 0.29) is 0 Å². The lowest BCUT2D eigenvalue weighted by Crippen LogP contribution is -2.11. The summed E-state index contributed by atoms with van der Waals surface area (Å²) in [4.78, 5) is 0.383. The Hall–Kier alpha value is -1.59. The van der Waals surface area contributed by atoms with Gasteiger partial charge in [0.15, 0.2) is 0 Å². The maximum atomic E-state index is 6.09. The fraction of sp³-hybridized carbons (Fsp3) is 0.286. The molecule has 0 fully saturated rings. The first kappa shape index (κ1) is 14.8. The summed E-state index contributed by atoms with van der Waals surface area (Å²) in [6.45, 7) is 5.00. The van der Waals surface area contributed by atoms with Crippen LogP contribution in [-0.4, -0.2) is 21.4 Å². The van der Waals surface area contributed by atoms with Crippen molar-refractivity contribution in [3.8, 4) is 5.75 Å². The zero-order valence-electron chi connectivity index (χ0n) is 11.4. The van der Waals surface area contributed by atoms with E-state index in [2.05, 4.69) is 5.10 Å². The number of nitrogens with two attached hydrogens (primary N) is 1. The fourth-order valence-corrected chi connectivity index (χ4v) is 2.13. The predicted octanol–water partition coefficient (Wildman–Crippen LogP) is 2.87. The summed E-state index contributed by atoms with van der Waals surface area (Å²) in [6.07, 6.45) is 0. The lowest BCUT2D eigenvalue weighted by molar-refractivity contribution is 0.289. The molecule has 0 radical (unpaired) electrons. The highest BCUT2D eigenvalue weighted by Gasteiger charge is 2.08. The van der Waals surface area contributed by atoms with Crippen molar-refractivity contribution in [1.29, 1.82) is 0 Å². The molecule has 0 saturated carbocycles. The first-order valence-electron chi connectivity index (χ1n) is 6.21. The van der Waals surface area contributed by atoms with E-state index in [9.17, 15) is 0 Å². The number of thiocarbonyl (C=S) groups is 1. The Bertz CT molecular complexity index is 622. The molecule has 0 amide bonds. The molecule has 1 heterocycles. The molecular weight excluding hydrogens is 294 g/mol. The van der Waals surface area contributed by atoms with Gasteiger partial charge in [-0.2, -0.15) is 5.10 Å². The van der Waals surface area contributed by atoms with Crippen LogP contribution in [0, 0.1) is 13.8 Å². The van der Waals surface area contributed by atoms with Crippen LogP contribution in [-0.2, 0) is 6.54 Å². The minimum Gasteiger partial charge on any atom is -0.492 e. The van der Waals surface area contributed by atoms with E-state index in [1.807, 2.05) is 42.8 Å². The van der Waals surface area contributed by atoms with Crippen molar-refractivity contribution >= 4 is 28.8 Å². The number of nitrogens with zero attached hydrogens (tertiary/aromatic N) is 2. The Labute approximate surface area is 128 Å². The number of aryl methyl sites for hydroxylation is 1. The average molecular weight is 310 g/mol. The minimum absolute atomic E-state index is 0.383. The van der Waals surface area contributed by atoms with Crippen LogP contribution in [0.5, 0.6) is 5.75 Å². The average Bonchev–Trinajstić information content (AvgIpc) is 2.67. The molecule has 4 nitrogen and oxygen atoms in total. The molecule has 0 bridgehead atoms. The van der Waals surface area contributed by atoms with Crippen LogP contribution in [0.15, 0.2) is 24.3 Å². The first-order valence-corrected chi connectivity index (χ1v) is 7.00. The van der Waals surface area contributed by atoms with E-state index < -0.39 is 0 Å². The molecular formula is C14H16ClN3OS. The maximum absolute atomic E-state index is 6.09. The van der Waals surface area contributed by atoms with Crippen molar-refractivity contribution < 1.29 is 4.74 Å². The third-order valence-corrected chi connectivity index (χ3v) is 3.79. The molecule has 0 aliphatic carbocycles. The Morgan fingerprint density at radius 1 is 1.35 bits per heavy atom. The summed E-state index contributed by atoms with van der Waals surface area (Å²) < 4.78 is 7.51. The van der Waals surface area contributed by atoms with Crippen LogP contribution in [0.3, 0.4) is 0 Å². The number of benzene rings is 1. The number of hydrogen-bond acceptors (Lipinski definition) is 3. The standard InChI is InChI=1S/C14H16ClN3OS/c1-9-13(15)10(2)18(17-9)7-8-19-12-5-3-11(4-6-12)14(16)20/h3-6H,7-8H2,1-2H3,(H2,16,20). The highest BCUT2D eigenvalue weighted by Crippen LogP contribution is 2.19. The molecule has 0 aliphatic rings. The second-order valence-corrected chi connectivity index (χ2v) is 5.26. The van der Waals surface area contributed by atoms with Gasteiger partial charge in [0, 0.05) is 5.56 Å². The molecule has 2 rings (SSSR count). The van der Waals surface area contributed by atoms with Crippen LogP contribution in [0.1, 0.15) is 17.0 Å². The van der Waals surface area contributed by atoms with Gasteiger partial charge < -0.3 is 10.5 Å². The molecule has 20 heavy (non-hydrogen) atoms. The zero-order valence-corrected chi connectivity index (χ0v) is 13.0. The van der Waals surface area contributed by atoms with E-state index in [1.54, 1.807) is 0 Å². The number of rotatable bonds is 5. The van der Waals surface area contributed by atoms with Crippen molar-refractivity contribution in [2.24, 2.45) is 5.73 Å². The second kappa shape index (κ2) is 6.24. The van der Waals surface area contributed by atoms with Gasteiger partial charge in [0.25, 0.3) is 0 Å². The number of aromatic nitrogens is 2. The van der Waals surface area contributed by atoms with Gasteiger partial charge in [0.2, 0.25) is 0 Å². The largest absolute Gasteiger partial charge is 0.492 e. The van der Waals surface area contributed by atoms with Crippen LogP contribution in [0.25, 0.3) is 0 Å². The lowest BCUT2D eigenvalue weighted by Gasteiger charge is -2.08. The van der Waals surface area contributed by atoms with E-state index in [1.165, 1.54) is 0 Å². The molecule has 0 aliphatic heterocycles. The van der Waals surface area contributed by atoms with Gasteiger partial charge in [0.1, 0.15) is 17.3 Å². The summed E-state index contributed by atoms with van der Waals surface area (Å²) in [5, 5.41) is 5.06. The zero-order chi connectivity index (χ0) is 14.7. The van der Waals surface area contributed by atoms with Crippen LogP contribution in [0.2, 0.25) is 5.02 Å². The number of hydrogen-bond donors (Lipinski definition) is 1. The van der Waals surface area contributed by atoms with Gasteiger partial charge in [-0.1, -0.05) is 23.8 Å². The highest BCUT2D eigenvalue weighted by atomic mass is 35.5. The molecule has 2 aromatic rings. The number of ether oxygens (including phenoxy) is 1. The molecule has 0 saturated heterocycles. The van der Waals surface area contributed by atoms with E-state index >= 15 is 0 Å². The smallest absolute Gasteiger partial charge is 0.119 e.